The van der Waals surface area contributed by atoms with Gasteiger partial charge in [-0.05, 0) is 12.8 Å². The summed E-state index contributed by atoms with van der Waals surface area (Å²) in [6, 6.07) is 10.4. The number of hydrogen-bond acceptors (Lipinski definition) is 4. The van der Waals surface area contributed by atoms with E-state index in [2.05, 4.69) is 56.0 Å². The Labute approximate surface area is 137 Å². The molecule has 2 aromatic rings. The van der Waals surface area contributed by atoms with Gasteiger partial charge in [-0.15, -0.1) is 0 Å². The minimum atomic E-state index is 0.340. The zero-order chi connectivity index (χ0) is 16.4. The average molecular weight is 309 g/mol. The SMILES string of the molecule is Cc1ccc(-c2nc(C(C)C)cc(N3CCC(=O)CC3)n2)cc1. The molecule has 0 radical (unpaired) electrons. The largest absolute Gasteiger partial charge is 0.356 e. The molecule has 1 saturated heterocycles. The average Bonchev–Trinajstić information content (AvgIpc) is 2.55. The first-order valence-electron chi connectivity index (χ1n) is 8.25. The van der Waals surface area contributed by atoms with Crippen LogP contribution in [0.5, 0.6) is 0 Å². The minimum Gasteiger partial charge on any atom is -0.356 e. The predicted molar refractivity (Wildman–Crippen MR) is 92.7 cm³/mol. The van der Waals surface area contributed by atoms with Crippen LogP contribution in [0.2, 0.25) is 0 Å². The van der Waals surface area contributed by atoms with E-state index in [1.54, 1.807) is 0 Å². The molecule has 0 saturated carbocycles. The van der Waals surface area contributed by atoms with Gasteiger partial charge in [0, 0.05) is 43.3 Å². The summed E-state index contributed by atoms with van der Waals surface area (Å²) in [5.41, 5.74) is 3.30. The molecule has 1 aliphatic heterocycles. The summed E-state index contributed by atoms with van der Waals surface area (Å²) in [6.45, 7) is 7.86. The Balaban J connectivity index is 1.99. The fourth-order valence-electron chi connectivity index (χ4n) is 2.73. The van der Waals surface area contributed by atoms with Crippen LogP contribution in [0.3, 0.4) is 0 Å². The second kappa shape index (κ2) is 6.49. The molecule has 1 fully saturated rings. The van der Waals surface area contributed by atoms with E-state index >= 15 is 0 Å². The molecular formula is C19H23N3O. The van der Waals surface area contributed by atoms with E-state index in [4.69, 9.17) is 9.97 Å². The van der Waals surface area contributed by atoms with Crippen LogP contribution in [0, 0.1) is 6.92 Å². The molecule has 0 spiro atoms. The third kappa shape index (κ3) is 3.58. The van der Waals surface area contributed by atoms with Crippen LogP contribution in [0.1, 0.15) is 43.9 Å². The van der Waals surface area contributed by atoms with E-state index in [1.807, 2.05) is 0 Å². The van der Waals surface area contributed by atoms with E-state index < -0.39 is 0 Å². The van der Waals surface area contributed by atoms with Gasteiger partial charge in [0.2, 0.25) is 0 Å². The lowest BCUT2D eigenvalue weighted by atomic mass is 10.1. The van der Waals surface area contributed by atoms with Gasteiger partial charge < -0.3 is 4.90 Å². The number of aromatic nitrogens is 2. The van der Waals surface area contributed by atoms with Gasteiger partial charge in [0.1, 0.15) is 11.6 Å². The van der Waals surface area contributed by atoms with E-state index in [9.17, 15) is 4.79 Å². The van der Waals surface area contributed by atoms with Gasteiger partial charge >= 0.3 is 0 Å². The van der Waals surface area contributed by atoms with Crippen LogP contribution < -0.4 is 4.90 Å². The number of aryl methyl sites for hydroxylation is 1. The van der Waals surface area contributed by atoms with Gasteiger partial charge in [0.25, 0.3) is 0 Å². The highest BCUT2D eigenvalue weighted by molar-refractivity contribution is 5.80. The molecule has 1 aromatic heterocycles. The Kier molecular flexibility index (Phi) is 4.42. The van der Waals surface area contributed by atoms with Crippen molar-refractivity contribution in [2.75, 3.05) is 18.0 Å². The van der Waals surface area contributed by atoms with Crippen molar-refractivity contribution in [1.29, 1.82) is 0 Å². The Hall–Kier alpha value is -2.23. The lowest BCUT2D eigenvalue weighted by molar-refractivity contribution is -0.119. The van der Waals surface area contributed by atoms with Gasteiger partial charge in [-0.2, -0.15) is 0 Å². The summed E-state index contributed by atoms with van der Waals surface area (Å²) >= 11 is 0. The van der Waals surface area contributed by atoms with Crippen molar-refractivity contribution < 1.29 is 4.79 Å². The third-order valence-electron chi connectivity index (χ3n) is 4.28. The van der Waals surface area contributed by atoms with Crippen LogP contribution in [-0.2, 0) is 4.79 Å². The van der Waals surface area contributed by atoms with Crippen LogP contribution in [0.4, 0.5) is 5.82 Å². The molecule has 2 heterocycles. The van der Waals surface area contributed by atoms with Gasteiger partial charge in [0.15, 0.2) is 5.82 Å². The molecule has 1 aromatic carbocycles. The lowest BCUT2D eigenvalue weighted by Crippen LogP contribution is -2.34. The van der Waals surface area contributed by atoms with Crippen LogP contribution >= 0.6 is 0 Å². The standard InChI is InChI=1S/C19H23N3O/c1-13(2)17-12-18(22-10-8-16(23)9-11-22)21-19(20-17)15-6-4-14(3)5-7-15/h4-7,12-13H,8-11H2,1-3H3. The number of rotatable bonds is 3. The zero-order valence-electron chi connectivity index (χ0n) is 14.0. The fraction of sp³-hybridized carbons (Fsp3) is 0.421. The normalized spacial score (nSPS) is 15.3. The van der Waals surface area contributed by atoms with Gasteiger partial charge in [-0.25, -0.2) is 9.97 Å². The molecule has 0 bridgehead atoms. The maximum absolute atomic E-state index is 11.5. The smallest absolute Gasteiger partial charge is 0.161 e. The molecule has 0 amide bonds. The fourth-order valence-corrected chi connectivity index (χ4v) is 2.73. The van der Waals surface area contributed by atoms with E-state index in [0.29, 0.717) is 24.5 Å². The first-order valence-corrected chi connectivity index (χ1v) is 8.25. The van der Waals surface area contributed by atoms with Crippen molar-refractivity contribution in [3.05, 3.63) is 41.6 Å². The van der Waals surface area contributed by atoms with Gasteiger partial charge in [0.05, 0.1) is 0 Å². The molecule has 0 aliphatic carbocycles. The van der Waals surface area contributed by atoms with Gasteiger partial charge in [-0.1, -0.05) is 43.7 Å². The summed E-state index contributed by atoms with van der Waals surface area (Å²) in [5, 5.41) is 0. The van der Waals surface area contributed by atoms with Crippen LogP contribution in [0.15, 0.2) is 30.3 Å². The highest BCUT2D eigenvalue weighted by Crippen LogP contribution is 2.25. The Morgan fingerprint density at radius 3 is 2.30 bits per heavy atom. The maximum atomic E-state index is 11.5. The summed E-state index contributed by atoms with van der Waals surface area (Å²) in [6.07, 6.45) is 1.22. The Bertz CT molecular complexity index is 697. The number of piperidine rings is 1. The van der Waals surface area contributed by atoms with Crippen molar-refractivity contribution in [3.8, 4) is 11.4 Å². The second-order valence-corrected chi connectivity index (χ2v) is 6.52. The van der Waals surface area contributed by atoms with Crippen molar-refractivity contribution in [3.63, 3.8) is 0 Å². The number of carbonyl (C=O) groups is 1. The monoisotopic (exact) mass is 309 g/mol. The molecule has 4 nitrogen and oxygen atoms in total. The summed E-state index contributed by atoms with van der Waals surface area (Å²) in [7, 11) is 0. The predicted octanol–water partition coefficient (Wildman–Crippen LogP) is 3.74. The van der Waals surface area contributed by atoms with E-state index in [0.717, 1.165) is 36.0 Å². The summed E-state index contributed by atoms with van der Waals surface area (Å²) < 4.78 is 0. The second-order valence-electron chi connectivity index (χ2n) is 6.52. The Morgan fingerprint density at radius 1 is 1.04 bits per heavy atom. The van der Waals surface area contributed by atoms with Crippen LogP contribution in [0.25, 0.3) is 11.4 Å². The number of ketones is 1. The van der Waals surface area contributed by atoms with E-state index in [-0.39, 0.29) is 0 Å². The summed E-state index contributed by atoms with van der Waals surface area (Å²) in [5.74, 6) is 2.39. The number of hydrogen-bond donors (Lipinski definition) is 0. The van der Waals surface area contributed by atoms with E-state index in [1.165, 1.54) is 5.56 Å². The Morgan fingerprint density at radius 2 is 1.70 bits per heavy atom. The highest BCUT2D eigenvalue weighted by atomic mass is 16.1. The number of nitrogens with zero attached hydrogens (tertiary/aromatic N) is 3. The molecule has 23 heavy (non-hydrogen) atoms. The molecule has 0 atom stereocenters. The highest BCUT2D eigenvalue weighted by Gasteiger charge is 2.19. The minimum absolute atomic E-state index is 0.340. The number of benzene rings is 1. The topological polar surface area (TPSA) is 46.1 Å². The maximum Gasteiger partial charge on any atom is 0.161 e. The first kappa shape index (κ1) is 15.7. The lowest BCUT2D eigenvalue weighted by Gasteiger charge is -2.28. The third-order valence-corrected chi connectivity index (χ3v) is 4.28. The van der Waals surface area contributed by atoms with Gasteiger partial charge in [-0.3, -0.25) is 4.79 Å². The number of anilines is 1. The van der Waals surface area contributed by atoms with Crippen molar-refractivity contribution >= 4 is 11.6 Å². The molecular weight excluding hydrogens is 286 g/mol. The first-order chi connectivity index (χ1) is 11.0. The molecule has 1 aliphatic rings. The molecule has 0 unspecified atom stereocenters. The number of Topliss-reactive ketones (excluding diaryl/α,β-unsaturated/α-hetero) is 1. The summed E-state index contributed by atoms with van der Waals surface area (Å²) in [4.78, 5) is 23.2. The molecule has 3 rings (SSSR count). The number of carbonyl (C=O) groups excluding carboxylic acids is 1. The molecule has 0 N–H and O–H groups in total. The zero-order valence-corrected chi connectivity index (χ0v) is 14.0. The van der Waals surface area contributed by atoms with Crippen molar-refractivity contribution in [2.24, 2.45) is 0 Å². The quantitative estimate of drug-likeness (QED) is 0.866. The molecule has 120 valence electrons. The van der Waals surface area contributed by atoms with Crippen LogP contribution in [-0.4, -0.2) is 28.8 Å². The molecule has 4 heteroatoms. The van der Waals surface area contributed by atoms with Crippen molar-refractivity contribution in [2.45, 2.75) is 39.5 Å². The van der Waals surface area contributed by atoms with Crippen molar-refractivity contribution in [1.82, 2.24) is 9.97 Å².